The number of aliphatic hydroxyl groups is 1. The minimum atomic E-state index is 0.212. The monoisotopic (exact) mass is 163 g/mol. The summed E-state index contributed by atoms with van der Waals surface area (Å²) in [6.45, 7) is 4.75. The summed E-state index contributed by atoms with van der Waals surface area (Å²) >= 11 is 5.33. The summed E-state index contributed by atoms with van der Waals surface area (Å²) < 4.78 is 0. The Morgan fingerprint density at radius 2 is 2.30 bits per heavy atom. The van der Waals surface area contributed by atoms with Crippen molar-refractivity contribution in [3.8, 4) is 0 Å². The quantitative estimate of drug-likeness (QED) is 0.655. The van der Waals surface area contributed by atoms with Crippen molar-refractivity contribution in [2.24, 2.45) is 0 Å². The maximum Gasteiger partial charge on any atom is 0.0558 e. The Morgan fingerprint density at radius 1 is 1.60 bits per heavy atom. The van der Waals surface area contributed by atoms with Gasteiger partial charge in [0, 0.05) is 18.6 Å². The first-order valence-electron chi connectivity index (χ1n) is 3.43. The van der Waals surface area contributed by atoms with Crippen LogP contribution >= 0.6 is 11.6 Å². The van der Waals surface area contributed by atoms with Gasteiger partial charge >= 0.3 is 0 Å². The number of halogens is 1. The lowest BCUT2D eigenvalue weighted by Gasteiger charge is -2.15. The van der Waals surface area contributed by atoms with Crippen LogP contribution in [0.1, 0.15) is 6.92 Å². The molecule has 0 fully saturated rings. The molecule has 0 heterocycles. The molecule has 0 bridgehead atoms. The SMILES string of the molecule is CCN(CC=CCl)CCO. The molecule has 0 saturated carbocycles. The molecule has 0 rings (SSSR count). The van der Waals surface area contributed by atoms with Crippen LogP contribution in [0, 0.1) is 0 Å². The molecule has 0 aromatic heterocycles. The maximum atomic E-state index is 8.57. The van der Waals surface area contributed by atoms with Gasteiger partial charge in [-0.3, -0.25) is 4.90 Å². The highest BCUT2D eigenvalue weighted by molar-refractivity contribution is 6.25. The van der Waals surface area contributed by atoms with Crippen molar-refractivity contribution in [1.29, 1.82) is 0 Å². The standard InChI is InChI=1S/C7H14ClNO/c1-2-9(6-7-10)5-3-4-8/h3-4,10H,2,5-7H2,1H3. The van der Waals surface area contributed by atoms with Gasteiger partial charge in [0.15, 0.2) is 0 Å². The second-order valence-corrected chi connectivity index (χ2v) is 2.23. The molecule has 0 aliphatic rings. The van der Waals surface area contributed by atoms with Gasteiger partial charge < -0.3 is 5.11 Å². The van der Waals surface area contributed by atoms with Crippen molar-refractivity contribution in [3.63, 3.8) is 0 Å². The molecule has 0 atom stereocenters. The summed E-state index contributed by atoms with van der Waals surface area (Å²) in [5.41, 5.74) is 1.50. The molecule has 0 amide bonds. The average molecular weight is 164 g/mol. The topological polar surface area (TPSA) is 23.5 Å². The van der Waals surface area contributed by atoms with E-state index in [0.29, 0.717) is 0 Å². The van der Waals surface area contributed by atoms with Crippen LogP contribution in [0.4, 0.5) is 0 Å². The molecule has 10 heavy (non-hydrogen) atoms. The first-order chi connectivity index (χ1) is 4.85. The third-order valence-electron chi connectivity index (χ3n) is 1.32. The molecule has 0 aromatic carbocycles. The molecule has 1 N–H and O–H groups in total. The van der Waals surface area contributed by atoms with E-state index in [0.717, 1.165) is 19.6 Å². The molecule has 2 nitrogen and oxygen atoms in total. The van der Waals surface area contributed by atoms with Gasteiger partial charge in [-0.15, -0.1) is 0 Å². The summed E-state index contributed by atoms with van der Waals surface area (Å²) in [5.74, 6) is 0. The van der Waals surface area contributed by atoms with E-state index in [1.165, 1.54) is 5.54 Å². The molecule has 0 radical (unpaired) electrons. The molecule has 0 aliphatic carbocycles. The number of hydrogen-bond donors (Lipinski definition) is 1. The lowest BCUT2D eigenvalue weighted by atomic mass is 10.4. The zero-order valence-corrected chi connectivity index (χ0v) is 7.01. The fourth-order valence-corrected chi connectivity index (χ4v) is 0.789. The third kappa shape index (κ3) is 4.79. The highest BCUT2D eigenvalue weighted by Crippen LogP contribution is 1.88. The van der Waals surface area contributed by atoms with Crippen molar-refractivity contribution < 1.29 is 5.11 Å². The van der Waals surface area contributed by atoms with Gasteiger partial charge in [-0.05, 0) is 6.54 Å². The van der Waals surface area contributed by atoms with Crippen molar-refractivity contribution in [2.75, 3.05) is 26.2 Å². The summed E-state index contributed by atoms with van der Waals surface area (Å²) in [5, 5.41) is 8.57. The largest absolute Gasteiger partial charge is 0.395 e. The second kappa shape index (κ2) is 7.06. The highest BCUT2D eigenvalue weighted by Gasteiger charge is 1.95. The Kier molecular flexibility index (Phi) is 7.03. The van der Waals surface area contributed by atoms with E-state index in [9.17, 15) is 0 Å². The number of rotatable bonds is 5. The fraction of sp³-hybridized carbons (Fsp3) is 0.714. The Labute approximate surface area is 67.1 Å². The maximum absolute atomic E-state index is 8.57. The van der Waals surface area contributed by atoms with E-state index in [4.69, 9.17) is 16.7 Å². The normalized spacial score (nSPS) is 11.6. The molecular formula is C7H14ClNO. The summed E-state index contributed by atoms with van der Waals surface area (Å²) in [4.78, 5) is 2.10. The van der Waals surface area contributed by atoms with E-state index >= 15 is 0 Å². The van der Waals surface area contributed by atoms with Crippen LogP contribution in [-0.2, 0) is 0 Å². The number of nitrogens with zero attached hydrogens (tertiary/aromatic N) is 1. The first kappa shape index (κ1) is 9.95. The molecule has 0 unspecified atom stereocenters. The van der Waals surface area contributed by atoms with Crippen LogP contribution in [0.15, 0.2) is 11.6 Å². The van der Waals surface area contributed by atoms with Crippen LogP contribution in [-0.4, -0.2) is 36.2 Å². The van der Waals surface area contributed by atoms with E-state index in [-0.39, 0.29) is 6.61 Å². The number of hydrogen-bond acceptors (Lipinski definition) is 2. The van der Waals surface area contributed by atoms with E-state index in [2.05, 4.69) is 11.8 Å². The van der Waals surface area contributed by atoms with Crippen molar-refractivity contribution in [1.82, 2.24) is 4.90 Å². The van der Waals surface area contributed by atoms with Gasteiger partial charge in [0.25, 0.3) is 0 Å². The lowest BCUT2D eigenvalue weighted by molar-refractivity contribution is 0.214. The first-order valence-corrected chi connectivity index (χ1v) is 3.87. The zero-order chi connectivity index (χ0) is 7.82. The minimum Gasteiger partial charge on any atom is -0.395 e. The van der Waals surface area contributed by atoms with E-state index in [1.54, 1.807) is 0 Å². The summed E-state index contributed by atoms with van der Waals surface area (Å²) in [7, 11) is 0. The Hall–Kier alpha value is -0.0500. The van der Waals surface area contributed by atoms with E-state index in [1.807, 2.05) is 6.08 Å². The Morgan fingerprint density at radius 3 is 2.70 bits per heavy atom. The smallest absolute Gasteiger partial charge is 0.0558 e. The summed E-state index contributed by atoms with van der Waals surface area (Å²) in [6, 6.07) is 0. The fourth-order valence-electron chi connectivity index (χ4n) is 0.709. The lowest BCUT2D eigenvalue weighted by Crippen LogP contribution is -2.26. The number of aliphatic hydroxyl groups excluding tert-OH is 1. The molecular weight excluding hydrogens is 150 g/mol. The van der Waals surface area contributed by atoms with Gasteiger partial charge in [0.1, 0.15) is 0 Å². The van der Waals surface area contributed by atoms with Gasteiger partial charge in [-0.2, -0.15) is 0 Å². The van der Waals surface area contributed by atoms with Gasteiger partial charge in [0.2, 0.25) is 0 Å². The van der Waals surface area contributed by atoms with E-state index < -0.39 is 0 Å². The van der Waals surface area contributed by atoms with Crippen LogP contribution in [0.2, 0.25) is 0 Å². The van der Waals surface area contributed by atoms with Crippen LogP contribution < -0.4 is 0 Å². The number of likely N-dealkylation sites (N-methyl/N-ethyl adjacent to an activating group) is 1. The predicted molar refractivity (Wildman–Crippen MR) is 44.2 cm³/mol. The highest BCUT2D eigenvalue weighted by atomic mass is 35.5. The van der Waals surface area contributed by atoms with Gasteiger partial charge in [0.05, 0.1) is 6.61 Å². The Bertz CT molecular complexity index is 95.6. The molecule has 0 spiro atoms. The molecule has 0 saturated heterocycles. The minimum absolute atomic E-state index is 0.212. The molecule has 0 aromatic rings. The van der Waals surface area contributed by atoms with Crippen LogP contribution in [0.25, 0.3) is 0 Å². The zero-order valence-electron chi connectivity index (χ0n) is 6.26. The average Bonchev–Trinajstić information content (AvgIpc) is 1.98. The molecule has 3 heteroatoms. The summed E-state index contributed by atoms with van der Waals surface area (Å²) in [6.07, 6.45) is 1.86. The van der Waals surface area contributed by atoms with Gasteiger partial charge in [-0.1, -0.05) is 24.6 Å². The van der Waals surface area contributed by atoms with Crippen LogP contribution in [0.5, 0.6) is 0 Å². The van der Waals surface area contributed by atoms with Crippen molar-refractivity contribution >= 4 is 11.6 Å². The third-order valence-corrected chi connectivity index (χ3v) is 1.49. The molecule has 0 aliphatic heterocycles. The van der Waals surface area contributed by atoms with Gasteiger partial charge in [-0.25, -0.2) is 0 Å². The van der Waals surface area contributed by atoms with Crippen LogP contribution in [0.3, 0.4) is 0 Å². The predicted octanol–water partition coefficient (Wildman–Crippen LogP) is 1.05. The second-order valence-electron chi connectivity index (χ2n) is 1.98. The Balaban J connectivity index is 3.39. The van der Waals surface area contributed by atoms with Crippen molar-refractivity contribution in [3.05, 3.63) is 11.6 Å². The molecule has 60 valence electrons. The van der Waals surface area contributed by atoms with Crippen molar-refractivity contribution in [2.45, 2.75) is 6.92 Å².